The average molecular weight is 809 g/mol. The van der Waals surface area contributed by atoms with Gasteiger partial charge >= 0.3 is 11.8 Å². The number of methoxy groups -OCH3 is 1. The Hall–Kier alpha value is -4.70. The first-order valence-corrected chi connectivity index (χ1v) is 19.9. The summed E-state index contributed by atoms with van der Waals surface area (Å²) in [7, 11) is 1.44. The number of hydrogen-bond donors (Lipinski definition) is 6. The lowest BCUT2D eigenvalue weighted by molar-refractivity contribution is -0.160. The molecule has 2 aromatic rings. The summed E-state index contributed by atoms with van der Waals surface area (Å²) in [5.41, 5.74) is 0.376. The fourth-order valence-electron chi connectivity index (χ4n) is 9.12. The van der Waals surface area contributed by atoms with E-state index in [0.29, 0.717) is 31.5 Å². The summed E-state index contributed by atoms with van der Waals surface area (Å²) in [5.74, 6) is -8.43. The lowest BCUT2D eigenvalue weighted by Gasteiger charge is -2.37. The number of aromatic hydroxyl groups is 2. The zero-order valence-corrected chi connectivity index (χ0v) is 34.4. The number of ketones is 2. The number of hydrogen-bond acceptors (Lipinski definition) is 14. The maximum atomic E-state index is 14.6. The van der Waals surface area contributed by atoms with Gasteiger partial charge in [-0.1, -0.05) is 20.8 Å². The maximum Gasteiger partial charge on any atom is 0.312 e. The SMILES string of the molecule is COC1/C=C/O[C@@]2(C)Oc3c(C)c(O)c4c(O)c(cc(N5CCCC5C(C)O)c4c3C2=O)NC(=O)/C(C)=C\C(=O)C2CC2C(O)C(C)C(O)C(C)C(OC(C)=O)C1C. The third-order valence-corrected chi connectivity index (χ3v) is 12.7. The summed E-state index contributed by atoms with van der Waals surface area (Å²) in [5, 5.41) is 60.0. The molecule has 15 nitrogen and oxygen atoms in total. The van der Waals surface area contributed by atoms with Gasteiger partial charge < -0.3 is 54.7 Å². The monoisotopic (exact) mass is 808 g/mol. The molecule has 1 aliphatic carbocycles. The summed E-state index contributed by atoms with van der Waals surface area (Å²) in [4.78, 5) is 56.0. The number of amides is 1. The molecule has 11 unspecified atom stereocenters. The van der Waals surface area contributed by atoms with E-state index < -0.39 is 107 Å². The van der Waals surface area contributed by atoms with Gasteiger partial charge in [-0.05, 0) is 64.2 Å². The standard InChI is InChI=1S/C43H56N2O13/c1-18-15-30(48)25-16-26(25)36(50)20(3)35(49)21(4)39(57-24(7)47)19(2)31(55-9)12-14-56-43(8)41(53)34-32-29(45-13-10-11-28(45)23(6)46)17-27(44-42(18)54)38(52)33(32)37(51)22(5)40(34)58-43/h12,14-15,17,19-21,23,25-26,28,31,35-36,39,46,49-52H,10-11,13,16H2,1-9H3,(H,44,54)/b14-12+,18-15-/t19?,20?,21?,23?,25?,26?,28?,31?,35?,36?,39?,43-/m0/s1. The van der Waals surface area contributed by atoms with Gasteiger partial charge in [-0.2, -0.15) is 0 Å². The second-order valence-electron chi connectivity index (χ2n) is 16.7. The van der Waals surface area contributed by atoms with Crippen LogP contribution in [-0.2, 0) is 28.6 Å². The molecular weight excluding hydrogens is 752 g/mol. The van der Waals surface area contributed by atoms with E-state index in [2.05, 4.69) is 5.32 Å². The third kappa shape index (κ3) is 7.53. The van der Waals surface area contributed by atoms with Crippen molar-refractivity contribution in [2.75, 3.05) is 23.9 Å². The predicted octanol–water partition coefficient (Wildman–Crippen LogP) is 4.41. The minimum atomic E-state index is -1.98. The Morgan fingerprint density at radius 1 is 1.03 bits per heavy atom. The number of phenols is 2. The van der Waals surface area contributed by atoms with Crippen LogP contribution in [0.4, 0.5) is 11.4 Å². The van der Waals surface area contributed by atoms with E-state index in [0.717, 1.165) is 0 Å². The molecule has 58 heavy (non-hydrogen) atoms. The zero-order chi connectivity index (χ0) is 42.7. The van der Waals surface area contributed by atoms with Gasteiger partial charge in [0.2, 0.25) is 0 Å². The van der Waals surface area contributed by atoms with Crippen LogP contribution in [0.1, 0.15) is 83.7 Å². The number of carbonyl (C=O) groups excluding carboxylic acids is 4. The van der Waals surface area contributed by atoms with Gasteiger partial charge in [0.25, 0.3) is 11.7 Å². The van der Waals surface area contributed by atoms with Gasteiger partial charge in [-0.3, -0.25) is 19.2 Å². The van der Waals surface area contributed by atoms with Gasteiger partial charge in [0, 0.05) is 73.4 Å². The predicted molar refractivity (Wildman–Crippen MR) is 212 cm³/mol. The van der Waals surface area contributed by atoms with Crippen LogP contribution >= 0.6 is 0 Å². The lowest BCUT2D eigenvalue weighted by atomic mass is 9.79. The molecule has 316 valence electrons. The van der Waals surface area contributed by atoms with Crippen molar-refractivity contribution in [1.82, 2.24) is 0 Å². The van der Waals surface area contributed by atoms with E-state index in [1.165, 1.54) is 59.3 Å². The fraction of sp³-hybridized carbons (Fsp3) is 0.581. The Bertz CT molecular complexity index is 2060. The molecule has 1 amide bonds. The molecular formula is C43H56N2O13. The first-order valence-electron chi connectivity index (χ1n) is 19.9. The molecule has 0 aromatic heterocycles. The van der Waals surface area contributed by atoms with E-state index in [1.54, 1.807) is 27.7 Å². The van der Waals surface area contributed by atoms with Crippen molar-refractivity contribution in [3.63, 3.8) is 0 Å². The molecule has 15 heteroatoms. The number of aliphatic hydroxyl groups excluding tert-OH is 3. The van der Waals surface area contributed by atoms with E-state index >= 15 is 0 Å². The highest BCUT2D eigenvalue weighted by atomic mass is 16.7. The van der Waals surface area contributed by atoms with Gasteiger partial charge in [0.1, 0.15) is 17.6 Å². The van der Waals surface area contributed by atoms with Crippen LogP contribution in [0.2, 0.25) is 0 Å². The first-order chi connectivity index (χ1) is 27.2. The molecule has 4 heterocycles. The number of nitrogens with zero attached hydrogens (tertiary/aromatic N) is 1. The molecule has 12 atom stereocenters. The highest BCUT2D eigenvalue weighted by molar-refractivity contribution is 6.23. The van der Waals surface area contributed by atoms with E-state index in [4.69, 9.17) is 18.9 Å². The maximum absolute atomic E-state index is 14.6. The first kappa shape index (κ1) is 42.9. The van der Waals surface area contributed by atoms with Crippen LogP contribution < -0.4 is 15.0 Å². The van der Waals surface area contributed by atoms with Crippen LogP contribution in [0.5, 0.6) is 17.2 Å². The number of nitrogens with one attached hydrogen (secondary N) is 1. The molecule has 4 aliphatic heterocycles. The van der Waals surface area contributed by atoms with Crippen LogP contribution in [-0.4, -0.2) is 105 Å². The number of Topliss-reactive ketones (excluding diaryl/α,β-unsaturated/α-hetero) is 1. The Balaban J connectivity index is 1.52. The van der Waals surface area contributed by atoms with Crippen molar-refractivity contribution in [2.24, 2.45) is 29.6 Å². The molecule has 5 bridgehead atoms. The molecule has 2 aromatic carbocycles. The number of fused-ring (bicyclic) bond motifs is 12. The smallest absolute Gasteiger partial charge is 0.312 e. The van der Waals surface area contributed by atoms with E-state index in [1.807, 2.05) is 4.90 Å². The Kier molecular flexibility index (Phi) is 11.9. The number of phenolic OH excluding ortho intramolecular Hbond substituents is 2. The molecule has 2 fully saturated rings. The number of aliphatic hydroxyl groups is 3. The molecule has 1 saturated carbocycles. The normalized spacial score (nSPS) is 35.1. The van der Waals surface area contributed by atoms with Crippen LogP contribution in [0.25, 0.3) is 10.8 Å². The molecule has 0 spiro atoms. The number of rotatable bonds is 4. The molecule has 7 rings (SSSR count). The van der Waals surface area contributed by atoms with Crippen molar-refractivity contribution in [1.29, 1.82) is 0 Å². The average Bonchev–Trinajstić information content (AvgIpc) is 3.74. The van der Waals surface area contributed by atoms with Crippen molar-refractivity contribution in [3.8, 4) is 17.2 Å². The Labute approximate surface area is 337 Å². The fourth-order valence-corrected chi connectivity index (χ4v) is 9.12. The minimum absolute atomic E-state index is 0.00944. The number of ether oxygens (including phenoxy) is 4. The van der Waals surface area contributed by atoms with Crippen LogP contribution in [0.15, 0.2) is 30.1 Å². The number of carbonyl (C=O) groups is 4. The largest absolute Gasteiger partial charge is 0.507 e. The topological polar surface area (TPSA) is 222 Å². The Morgan fingerprint density at radius 3 is 2.36 bits per heavy atom. The summed E-state index contributed by atoms with van der Waals surface area (Å²) in [6, 6.07) is 1.06. The van der Waals surface area contributed by atoms with E-state index in [-0.39, 0.29) is 38.9 Å². The minimum Gasteiger partial charge on any atom is -0.507 e. The molecule has 5 aliphatic rings. The van der Waals surface area contributed by atoms with Crippen molar-refractivity contribution in [3.05, 3.63) is 41.2 Å². The summed E-state index contributed by atoms with van der Waals surface area (Å²) in [6.45, 7) is 12.8. The highest BCUT2D eigenvalue weighted by Gasteiger charge is 2.52. The molecule has 1 saturated heterocycles. The van der Waals surface area contributed by atoms with Crippen molar-refractivity contribution >= 4 is 45.6 Å². The van der Waals surface area contributed by atoms with E-state index in [9.17, 15) is 44.7 Å². The number of allylic oxidation sites excluding steroid dienone is 1. The Morgan fingerprint density at radius 2 is 1.72 bits per heavy atom. The summed E-state index contributed by atoms with van der Waals surface area (Å²) < 4.78 is 23.8. The number of anilines is 2. The third-order valence-electron chi connectivity index (χ3n) is 12.7. The van der Waals surface area contributed by atoms with Gasteiger partial charge in [0.05, 0.1) is 53.4 Å². The number of esters is 1. The van der Waals surface area contributed by atoms with Gasteiger partial charge in [-0.25, -0.2) is 0 Å². The molecule has 0 radical (unpaired) electrons. The summed E-state index contributed by atoms with van der Waals surface area (Å²) in [6.07, 6.45) is 0.753. The molecule has 6 N–H and O–H groups in total. The van der Waals surface area contributed by atoms with Gasteiger partial charge in [-0.15, -0.1) is 0 Å². The second-order valence-corrected chi connectivity index (χ2v) is 16.7. The quantitative estimate of drug-likeness (QED) is 0.186. The number of benzene rings is 2. The van der Waals surface area contributed by atoms with Crippen molar-refractivity contribution < 1.29 is 63.7 Å². The highest BCUT2D eigenvalue weighted by Crippen LogP contribution is 2.55. The summed E-state index contributed by atoms with van der Waals surface area (Å²) >= 11 is 0. The zero-order valence-electron chi connectivity index (χ0n) is 34.4. The van der Waals surface area contributed by atoms with Gasteiger partial charge in [0.15, 0.2) is 11.5 Å². The van der Waals surface area contributed by atoms with Crippen LogP contribution in [0.3, 0.4) is 0 Å². The lowest BCUT2D eigenvalue weighted by Crippen LogP contribution is -2.46. The second kappa shape index (κ2) is 16.2. The van der Waals surface area contributed by atoms with Crippen LogP contribution in [0, 0.1) is 36.5 Å². The van der Waals surface area contributed by atoms with Crippen molar-refractivity contribution in [2.45, 2.75) is 117 Å².